The maximum atomic E-state index is 13.6. The lowest BCUT2D eigenvalue weighted by atomic mass is 9.93. The van der Waals surface area contributed by atoms with E-state index in [0.29, 0.717) is 11.4 Å². The highest BCUT2D eigenvalue weighted by molar-refractivity contribution is 7.09. The van der Waals surface area contributed by atoms with Crippen molar-refractivity contribution in [1.82, 2.24) is 15.2 Å². The number of hydrogen-bond acceptors (Lipinski definition) is 8. The number of aromatic nitrogens is 1. The first-order chi connectivity index (χ1) is 16.1. The van der Waals surface area contributed by atoms with E-state index in [0.717, 1.165) is 0 Å². The van der Waals surface area contributed by atoms with E-state index < -0.39 is 18.1 Å². The Kier molecular flexibility index (Phi) is 12.6. The predicted octanol–water partition coefficient (Wildman–Crippen LogP) is 3.72. The van der Waals surface area contributed by atoms with E-state index in [2.05, 4.69) is 20.3 Å². The van der Waals surface area contributed by atoms with Crippen LogP contribution < -0.4 is 5.32 Å². The standard InChI is InChI=1S/C22H36N6O5S/c1-8-14(4)19(26-27-23)22(31)28(9-10-32-7)17(13(2)3)11-18(33-15(5)29)21-25-16(12-34-21)20(30)24-6/h12-14,17-19H,8-11H2,1-7H3,(H,24,30)/t14-,17+,18+,19-/m0/s1. The van der Waals surface area contributed by atoms with E-state index in [-0.39, 0.29) is 55.0 Å². The van der Waals surface area contributed by atoms with Gasteiger partial charge in [0.15, 0.2) is 6.10 Å². The molecule has 0 aliphatic carbocycles. The zero-order valence-electron chi connectivity index (χ0n) is 21.0. The van der Waals surface area contributed by atoms with Crippen LogP contribution in [0, 0.1) is 11.8 Å². The van der Waals surface area contributed by atoms with Gasteiger partial charge in [-0.1, -0.05) is 39.2 Å². The normalized spacial score (nSPS) is 14.5. The van der Waals surface area contributed by atoms with Gasteiger partial charge in [-0.3, -0.25) is 14.4 Å². The predicted molar refractivity (Wildman–Crippen MR) is 129 cm³/mol. The number of nitrogens with zero attached hydrogens (tertiary/aromatic N) is 5. The van der Waals surface area contributed by atoms with Crippen LogP contribution in [0.5, 0.6) is 0 Å². The van der Waals surface area contributed by atoms with Gasteiger partial charge in [0.1, 0.15) is 16.7 Å². The number of carbonyl (C=O) groups is 3. The molecule has 11 nitrogen and oxygen atoms in total. The molecule has 2 amide bonds. The van der Waals surface area contributed by atoms with Crippen molar-refractivity contribution in [3.8, 4) is 0 Å². The van der Waals surface area contributed by atoms with Gasteiger partial charge >= 0.3 is 5.97 Å². The van der Waals surface area contributed by atoms with Crippen LogP contribution in [0.25, 0.3) is 10.4 Å². The topological polar surface area (TPSA) is 147 Å². The van der Waals surface area contributed by atoms with Gasteiger partial charge in [0.2, 0.25) is 5.91 Å². The molecule has 0 bridgehead atoms. The summed E-state index contributed by atoms with van der Waals surface area (Å²) in [5, 5.41) is 8.38. The highest BCUT2D eigenvalue weighted by Gasteiger charge is 2.36. The molecule has 1 aromatic heterocycles. The monoisotopic (exact) mass is 496 g/mol. The summed E-state index contributed by atoms with van der Waals surface area (Å²) in [5.41, 5.74) is 9.29. The molecule has 4 atom stereocenters. The number of carbonyl (C=O) groups excluding carboxylic acids is 3. The quantitative estimate of drug-likeness (QED) is 0.180. The Morgan fingerprint density at radius 1 is 1.32 bits per heavy atom. The molecular formula is C22H36N6O5S. The van der Waals surface area contributed by atoms with Gasteiger partial charge in [-0.15, -0.1) is 11.3 Å². The first kappa shape index (κ1) is 29.3. The number of methoxy groups -OCH3 is 1. The van der Waals surface area contributed by atoms with Crippen molar-refractivity contribution in [2.45, 2.75) is 65.6 Å². The Morgan fingerprint density at radius 2 is 2.00 bits per heavy atom. The van der Waals surface area contributed by atoms with Gasteiger partial charge in [-0.2, -0.15) is 0 Å². The number of rotatable bonds is 14. The molecule has 0 aliphatic rings. The van der Waals surface area contributed by atoms with E-state index in [1.807, 2.05) is 27.7 Å². The molecule has 1 N–H and O–H groups in total. The minimum absolute atomic E-state index is 0.0270. The summed E-state index contributed by atoms with van der Waals surface area (Å²) >= 11 is 1.21. The molecule has 190 valence electrons. The van der Waals surface area contributed by atoms with Gasteiger partial charge in [0.25, 0.3) is 5.91 Å². The van der Waals surface area contributed by atoms with Crippen LogP contribution in [0.3, 0.4) is 0 Å². The first-order valence-electron chi connectivity index (χ1n) is 11.3. The van der Waals surface area contributed by atoms with Crippen molar-refractivity contribution in [3.05, 3.63) is 26.5 Å². The van der Waals surface area contributed by atoms with Crippen molar-refractivity contribution in [1.29, 1.82) is 0 Å². The lowest BCUT2D eigenvalue weighted by Crippen LogP contribution is -2.50. The minimum atomic E-state index is -0.861. The first-order valence-corrected chi connectivity index (χ1v) is 12.2. The highest BCUT2D eigenvalue weighted by atomic mass is 32.1. The molecule has 0 aromatic carbocycles. The van der Waals surface area contributed by atoms with Gasteiger partial charge in [0.05, 0.1) is 6.61 Å². The molecule has 0 radical (unpaired) electrons. The van der Waals surface area contributed by atoms with E-state index >= 15 is 0 Å². The van der Waals surface area contributed by atoms with E-state index in [9.17, 15) is 14.4 Å². The second-order valence-electron chi connectivity index (χ2n) is 8.35. The molecule has 34 heavy (non-hydrogen) atoms. The molecule has 1 aromatic rings. The molecule has 0 spiro atoms. The Hall–Kier alpha value is -2.69. The SMILES string of the molecule is CC[C@H](C)[C@H](N=[N+]=[N-])C(=O)N(CCOC)[C@H](C[C@@H](OC(C)=O)c1nc(C(=O)NC)cs1)C(C)C. The zero-order chi connectivity index (χ0) is 25.8. The summed E-state index contributed by atoms with van der Waals surface area (Å²) in [5.74, 6) is -1.31. The Labute approximate surface area is 204 Å². The average Bonchev–Trinajstić information content (AvgIpc) is 3.29. The van der Waals surface area contributed by atoms with Gasteiger partial charge in [0, 0.05) is 50.4 Å². The number of ether oxygens (including phenoxy) is 2. The van der Waals surface area contributed by atoms with Crippen molar-refractivity contribution in [2.75, 3.05) is 27.3 Å². The molecule has 0 aliphatic heterocycles. The fraction of sp³-hybridized carbons (Fsp3) is 0.727. The van der Waals surface area contributed by atoms with Gasteiger partial charge in [-0.05, 0) is 17.4 Å². The van der Waals surface area contributed by atoms with Crippen LogP contribution in [0.15, 0.2) is 10.5 Å². The van der Waals surface area contributed by atoms with Crippen molar-refractivity contribution >= 4 is 29.1 Å². The van der Waals surface area contributed by atoms with Crippen LogP contribution in [0.1, 0.15) is 69.1 Å². The van der Waals surface area contributed by atoms with Crippen molar-refractivity contribution in [3.63, 3.8) is 0 Å². The number of thiazole rings is 1. The zero-order valence-corrected chi connectivity index (χ0v) is 21.8. The largest absolute Gasteiger partial charge is 0.455 e. The lowest BCUT2D eigenvalue weighted by molar-refractivity contribution is -0.149. The maximum Gasteiger partial charge on any atom is 0.303 e. The fourth-order valence-corrected chi connectivity index (χ4v) is 4.37. The third-order valence-corrected chi connectivity index (χ3v) is 6.56. The van der Waals surface area contributed by atoms with Crippen LogP contribution in [0.4, 0.5) is 0 Å². The second-order valence-corrected chi connectivity index (χ2v) is 9.24. The Morgan fingerprint density at radius 3 is 2.50 bits per heavy atom. The number of esters is 1. The molecule has 1 heterocycles. The number of azide groups is 1. The molecule has 0 saturated heterocycles. The highest BCUT2D eigenvalue weighted by Crippen LogP contribution is 2.31. The van der Waals surface area contributed by atoms with Gasteiger partial charge < -0.3 is 19.7 Å². The third kappa shape index (κ3) is 8.27. The minimum Gasteiger partial charge on any atom is -0.455 e. The number of amides is 2. The maximum absolute atomic E-state index is 13.6. The summed E-state index contributed by atoms with van der Waals surface area (Å²) in [6, 6.07) is -1.24. The van der Waals surface area contributed by atoms with E-state index in [4.69, 9.17) is 15.0 Å². The summed E-state index contributed by atoms with van der Waals surface area (Å²) in [6.07, 6.45) is 0.168. The van der Waals surface area contributed by atoms with E-state index in [1.54, 1.807) is 17.4 Å². The van der Waals surface area contributed by atoms with Crippen LogP contribution in [-0.4, -0.2) is 67.1 Å². The Balaban J connectivity index is 3.39. The molecular weight excluding hydrogens is 460 g/mol. The smallest absolute Gasteiger partial charge is 0.303 e. The average molecular weight is 497 g/mol. The third-order valence-electron chi connectivity index (χ3n) is 5.62. The summed E-state index contributed by atoms with van der Waals surface area (Å²) < 4.78 is 10.8. The molecule has 0 fully saturated rings. The molecule has 12 heteroatoms. The van der Waals surface area contributed by atoms with Crippen LogP contribution in [-0.2, 0) is 19.1 Å². The Bertz CT molecular complexity index is 870. The molecule has 1 rings (SSSR count). The summed E-state index contributed by atoms with van der Waals surface area (Å²) in [7, 11) is 3.06. The van der Waals surface area contributed by atoms with Crippen molar-refractivity contribution in [2.24, 2.45) is 17.0 Å². The number of nitrogens with one attached hydrogen (secondary N) is 1. The van der Waals surface area contributed by atoms with Crippen LogP contribution in [0.2, 0.25) is 0 Å². The summed E-state index contributed by atoms with van der Waals surface area (Å²) in [6.45, 7) is 9.60. The molecule has 0 unspecified atom stereocenters. The van der Waals surface area contributed by atoms with Crippen LogP contribution >= 0.6 is 11.3 Å². The van der Waals surface area contributed by atoms with E-state index in [1.165, 1.54) is 25.3 Å². The molecule has 0 saturated carbocycles. The van der Waals surface area contributed by atoms with Gasteiger partial charge in [-0.25, -0.2) is 4.98 Å². The summed E-state index contributed by atoms with van der Waals surface area (Å²) in [4.78, 5) is 46.4. The lowest BCUT2D eigenvalue weighted by Gasteiger charge is -2.38. The van der Waals surface area contributed by atoms with Crippen molar-refractivity contribution < 1.29 is 23.9 Å². The second kappa shape index (κ2) is 14.5. The number of hydrogen-bond donors (Lipinski definition) is 1. The fourth-order valence-electron chi connectivity index (χ4n) is 3.53.